The molecule has 140 valence electrons. The molecule has 0 aliphatic heterocycles. The second-order valence-electron chi connectivity index (χ2n) is 6.67. The third-order valence-corrected chi connectivity index (χ3v) is 4.86. The van der Waals surface area contributed by atoms with Gasteiger partial charge in [0.2, 0.25) is 10.0 Å². The van der Waals surface area contributed by atoms with E-state index < -0.39 is 27.6 Å². The molecule has 0 fully saturated rings. The molecule has 0 amide bonds. The van der Waals surface area contributed by atoms with E-state index in [1.807, 2.05) is 0 Å². The minimum absolute atomic E-state index is 0.0304. The molecule has 0 bridgehead atoms. The number of carbonyl (C=O) groups excluding carboxylic acids is 1. The zero-order chi connectivity index (χ0) is 19.4. The third kappa shape index (κ3) is 5.31. The molecular formula is C19H23NO5S. The number of hydrogen-bond donors (Lipinski definition) is 1. The van der Waals surface area contributed by atoms with Gasteiger partial charge in [-0.15, -0.1) is 0 Å². The lowest BCUT2D eigenvalue weighted by atomic mass is 10.1. The summed E-state index contributed by atoms with van der Waals surface area (Å²) in [6.45, 7) is 5.18. The van der Waals surface area contributed by atoms with Crippen LogP contribution in [0.5, 0.6) is 5.75 Å². The highest BCUT2D eigenvalue weighted by Gasteiger charge is 2.31. The first-order valence-electron chi connectivity index (χ1n) is 8.06. The maximum absolute atomic E-state index is 12.7. The van der Waals surface area contributed by atoms with Crippen LogP contribution in [0.3, 0.4) is 0 Å². The van der Waals surface area contributed by atoms with Crippen molar-refractivity contribution >= 4 is 16.0 Å². The third-order valence-electron chi connectivity index (χ3n) is 3.42. The van der Waals surface area contributed by atoms with Crippen LogP contribution < -0.4 is 9.46 Å². The summed E-state index contributed by atoms with van der Waals surface area (Å²) < 4.78 is 38.3. The molecule has 0 spiro atoms. The Balaban J connectivity index is 2.34. The normalized spacial score (nSPS) is 13.1. The molecule has 1 N–H and O–H groups in total. The molecule has 0 aliphatic rings. The van der Waals surface area contributed by atoms with Crippen molar-refractivity contribution in [3.8, 4) is 5.75 Å². The molecule has 2 aromatic carbocycles. The number of esters is 1. The van der Waals surface area contributed by atoms with E-state index in [1.54, 1.807) is 63.2 Å². The molecule has 0 saturated carbocycles. The quantitative estimate of drug-likeness (QED) is 0.783. The smallest absolute Gasteiger partial charge is 0.329 e. The summed E-state index contributed by atoms with van der Waals surface area (Å²) >= 11 is 0. The van der Waals surface area contributed by atoms with Crippen LogP contribution >= 0.6 is 0 Å². The molecular weight excluding hydrogens is 354 g/mol. The Bertz CT molecular complexity index is 840. The molecule has 26 heavy (non-hydrogen) atoms. The summed E-state index contributed by atoms with van der Waals surface area (Å²) in [6.07, 6.45) is 0. The van der Waals surface area contributed by atoms with Crippen molar-refractivity contribution in [1.29, 1.82) is 0 Å². The molecule has 0 aromatic heterocycles. The van der Waals surface area contributed by atoms with E-state index in [4.69, 9.17) is 9.47 Å². The van der Waals surface area contributed by atoms with Gasteiger partial charge in [-0.1, -0.05) is 30.3 Å². The van der Waals surface area contributed by atoms with Crippen LogP contribution in [0.25, 0.3) is 0 Å². The van der Waals surface area contributed by atoms with Crippen molar-refractivity contribution in [2.24, 2.45) is 0 Å². The fourth-order valence-electron chi connectivity index (χ4n) is 2.24. The highest BCUT2D eigenvalue weighted by atomic mass is 32.2. The van der Waals surface area contributed by atoms with Crippen LogP contribution in [0.2, 0.25) is 0 Å². The van der Waals surface area contributed by atoms with E-state index >= 15 is 0 Å². The monoisotopic (exact) mass is 377 g/mol. The topological polar surface area (TPSA) is 81.7 Å². The lowest BCUT2D eigenvalue weighted by Crippen LogP contribution is -2.38. The summed E-state index contributed by atoms with van der Waals surface area (Å²) in [7, 11) is -2.44. The van der Waals surface area contributed by atoms with Gasteiger partial charge in [-0.25, -0.2) is 13.2 Å². The summed E-state index contributed by atoms with van der Waals surface area (Å²) in [6, 6.07) is 13.4. The Kier molecular flexibility index (Phi) is 6.05. The largest absolute Gasteiger partial charge is 0.497 e. The van der Waals surface area contributed by atoms with Crippen molar-refractivity contribution in [1.82, 2.24) is 4.72 Å². The van der Waals surface area contributed by atoms with E-state index in [2.05, 4.69) is 4.72 Å². The van der Waals surface area contributed by atoms with Crippen LogP contribution in [0, 0.1) is 0 Å². The first kappa shape index (κ1) is 19.9. The summed E-state index contributed by atoms with van der Waals surface area (Å²) in [5, 5.41) is 0. The van der Waals surface area contributed by atoms with Gasteiger partial charge in [-0.3, -0.25) is 0 Å². The van der Waals surface area contributed by atoms with Crippen molar-refractivity contribution in [2.45, 2.75) is 37.3 Å². The molecule has 0 saturated heterocycles. The van der Waals surface area contributed by atoms with Crippen LogP contribution in [0.1, 0.15) is 32.4 Å². The summed E-state index contributed by atoms with van der Waals surface area (Å²) in [5.74, 6) is -0.128. The number of benzene rings is 2. The predicted molar refractivity (Wildman–Crippen MR) is 98.3 cm³/mol. The number of sulfonamides is 1. The van der Waals surface area contributed by atoms with Crippen molar-refractivity contribution in [2.75, 3.05) is 7.11 Å². The zero-order valence-corrected chi connectivity index (χ0v) is 16.0. The average molecular weight is 377 g/mol. The molecule has 0 heterocycles. The molecule has 6 nitrogen and oxygen atoms in total. The average Bonchev–Trinajstić information content (AvgIpc) is 2.59. The molecule has 0 unspecified atom stereocenters. The summed E-state index contributed by atoms with van der Waals surface area (Å²) in [4.78, 5) is 12.6. The minimum Gasteiger partial charge on any atom is -0.497 e. The molecule has 2 rings (SSSR count). The van der Waals surface area contributed by atoms with Gasteiger partial charge in [-0.2, -0.15) is 4.72 Å². The van der Waals surface area contributed by atoms with Gasteiger partial charge in [0, 0.05) is 0 Å². The summed E-state index contributed by atoms with van der Waals surface area (Å²) in [5.41, 5.74) is -0.241. The lowest BCUT2D eigenvalue weighted by Gasteiger charge is -2.24. The second-order valence-corrected chi connectivity index (χ2v) is 8.39. The fraction of sp³-hybridized carbons (Fsp3) is 0.316. The van der Waals surface area contributed by atoms with Crippen molar-refractivity contribution in [3.05, 3.63) is 60.2 Å². The van der Waals surface area contributed by atoms with Gasteiger partial charge < -0.3 is 9.47 Å². The van der Waals surface area contributed by atoms with E-state index in [9.17, 15) is 13.2 Å². The Morgan fingerprint density at radius 1 is 1.00 bits per heavy atom. The number of ether oxygens (including phenoxy) is 2. The minimum atomic E-state index is -3.94. The Morgan fingerprint density at radius 3 is 2.08 bits per heavy atom. The number of nitrogens with one attached hydrogen (secondary N) is 1. The van der Waals surface area contributed by atoms with Crippen LogP contribution in [0.15, 0.2) is 59.5 Å². The lowest BCUT2D eigenvalue weighted by molar-refractivity contribution is -0.157. The fourth-order valence-corrected chi connectivity index (χ4v) is 3.41. The molecule has 1 atom stereocenters. The standard InChI is InChI=1S/C19H23NO5S/c1-19(2,3)25-18(21)17(14-8-6-5-7-9-14)20-26(22,23)16-12-10-15(24-4)11-13-16/h5-13,17,20H,1-4H3/t17-/m1/s1. The Labute approximate surface area is 154 Å². The van der Waals surface area contributed by atoms with E-state index in [0.29, 0.717) is 11.3 Å². The van der Waals surface area contributed by atoms with E-state index in [-0.39, 0.29) is 4.90 Å². The van der Waals surface area contributed by atoms with Gasteiger partial charge in [0.1, 0.15) is 17.4 Å². The Hall–Kier alpha value is -2.38. The van der Waals surface area contributed by atoms with Gasteiger partial charge in [0.25, 0.3) is 0 Å². The highest BCUT2D eigenvalue weighted by molar-refractivity contribution is 7.89. The molecule has 0 radical (unpaired) electrons. The first-order chi connectivity index (χ1) is 12.1. The second kappa shape index (κ2) is 7.88. The van der Waals surface area contributed by atoms with Crippen LogP contribution in [-0.4, -0.2) is 27.1 Å². The van der Waals surface area contributed by atoms with E-state index in [1.165, 1.54) is 19.2 Å². The maximum Gasteiger partial charge on any atom is 0.329 e. The van der Waals surface area contributed by atoms with Crippen LogP contribution in [-0.2, 0) is 19.6 Å². The number of hydrogen-bond acceptors (Lipinski definition) is 5. The Morgan fingerprint density at radius 2 is 1.58 bits per heavy atom. The van der Waals surface area contributed by atoms with Crippen molar-refractivity contribution in [3.63, 3.8) is 0 Å². The van der Waals surface area contributed by atoms with E-state index in [0.717, 1.165) is 0 Å². The number of rotatable bonds is 6. The zero-order valence-electron chi connectivity index (χ0n) is 15.2. The van der Waals surface area contributed by atoms with Gasteiger partial charge in [0.15, 0.2) is 0 Å². The van der Waals surface area contributed by atoms with Crippen molar-refractivity contribution < 1.29 is 22.7 Å². The molecule has 7 heteroatoms. The molecule has 2 aromatic rings. The van der Waals surface area contributed by atoms with Gasteiger partial charge in [0.05, 0.1) is 12.0 Å². The maximum atomic E-state index is 12.7. The van der Waals surface area contributed by atoms with Crippen LogP contribution in [0.4, 0.5) is 0 Å². The first-order valence-corrected chi connectivity index (χ1v) is 9.55. The van der Waals surface area contributed by atoms with Gasteiger partial charge in [-0.05, 0) is 50.6 Å². The highest BCUT2D eigenvalue weighted by Crippen LogP contribution is 2.22. The van der Waals surface area contributed by atoms with Gasteiger partial charge >= 0.3 is 5.97 Å². The SMILES string of the molecule is COc1ccc(S(=O)(=O)N[C@@H](C(=O)OC(C)(C)C)c2ccccc2)cc1. The predicted octanol–water partition coefficient (Wildman–Crippen LogP) is 3.06. The number of methoxy groups -OCH3 is 1. The molecule has 0 aliphatic carbocycles. The number of carbonyl (C=O) groups is 1.